The smallest absolute Gasteiger partial charge is 0.386 e. The quantitative estimate of drug-likeness (QED) is 0.149. The third-order valence-electron chi connectivity index (χ3n) is 7.22. The number of phosphoric ester groups is 1. The SMILES string of the molecule is Nc1ncnc2c1ncn2[C@@H]1O[C@@H]2COP(=O)(O)O[C@H]3C[C@H](n4cnc5c(N)ncnc54)O[C@@H]3CNS(=O)(=O)O[C@H]2[C@H]1O. The summed E-state index contributed by atoms with van der Waals surface area (Å²) in [6, 6.07) is 0. The van der Waals surface area contributed by atoms with E-state index < -0.39 is 74.3 Å². The lowest BCUT2D eigenvalue weighted by atomic mass is 10.1. The Balaban J connectivity index is 1.15. The van der Waals surface area contributed by atoms with Gasteiger partial charge in [0.2, 0.25) is 0 Å². The van der Waals surface area contributed by atoms with Gasteiger partial charge in [-0.2, -0.15) is 13.1 Å². The van der Waals surface area contributed by atoms with Gasteiger partial charge in [-0.15, -0.1) is 0 Å². The number of rotatable bonds is 2. The van der Waals surface area contributed by atoms with Gasteiger partial charge in [-0.3, -0.25) is 18.2 Å². The van der Waals surface area contributed by atoms with E-state index in [2.05, 4.69) is 34.6 Å². The number of aromatic nitrogens is 8. The number of nitrogens with one attached hydrogen (secondary N) is 1. The molecule has 7 heterocycles. The molecule has 3 saturated heterocycles. The third kappa shape index (κ3) is 5.10. The van der Waals surface area contributed by atoms with Gasteiger partial charge in [-0.25, -0.2) is 38.7 Å². The van der Waals surface area contributed by atoms with Gasteiger partial charge in [0.1, 0.15) is 60.4 Å². The first kappa shape index (κ1) is 28.3. The zero-order valence-electron chi connectivity index (χ0n) is 21.7. The number of phosphoric acid groups is 1. The fourth-order valence-electron chi connectivity index (χ4n) is 5.24. The van der Waals surface area contributed by atoms with Crippen LogP contribution in [0.1, 0.15) is 18.9 Å². The fourth-order valence-corrected chi connectivity index (χ4v) is 7.17. The molecule has 3 fully saturated rings. The van der Waals surface area contributed by atoms with Crippen molar-refractivity contribution in [1.82, 2.24) is 43.8 Å². The lowest BCUT2D eigenvalue weighted by Crippen LogP contribution is -2.44. The summed E-state index contributed by atoms with van der Waals surface area (Å²) < 4.78 is 71.9. The van der Waals surface area contributed by atoms with Gasteiger partial charge in [0.05, 0.1) is 19.3 Å². The highest BCUT2D eigenvalue weighted by Gasteiger charge is 2.50. The van der Waals surface area contributed by atoms with Gasteiger partial charge < -0.3 is 30.9 Å². The van der Waals surface area contributed by atoms with Gasteiger partial charge in [-0.1, -0.05) is 0 Å². The number of anilines is 2. The second-order valence-electron chi connectivity index (χ2n) is 9.86. The zero-order chi connectivity index (χ0) is 30.1. The predicted molar refractivity (Wildman–Crippen MR) is 140 cm³/mol. The molecule has 0 spiro atoms. The number of hydrogen-bond acceptors (Lipinski definition) is 17. The molecule has 8 atom stereocenters. The van der Waals surface area contributed by atoms with Crippen molar-refractivity contribution in [2.24, 2.45) is 0 Å². The molecule has 23 heteroatoms. The van der Waals surface area contributed by atoms with Crippen molar-refractivity contribution in [3.8, 4) is 0 Å². The first-order valence-electron chi connectivity index (χ1n) is 12.7. The molecule has 21 nitrogen and oxygen atoms in total. The minimum atomic E-state index is -4.80. The van der Waals surface area contributed by atoms with Crippen LogP contribution < -0.4 is 16.2 Å². The highest BCUT2D eigenvalue weighted by Crippen LogP contribution is 2.49. The Bertz CT molecular complexity index is 1860. The van der Waals surface area contributed by atoms with E-state index in [-0.39, 0.29) is 29.2 Å². The Kier molecular flexibility index (Phi) is 6.81. The number of ether oxygens (including phenoxy) is 2. The Morgan fingerprint density at radius 3 is 2.28 bits per heavy atom. The van der Waals surface area contributed by atoms with Crippen LogP contribution in [-0.4, -0.2) is 101 Å². The lowest BCUT2D eigenvalue weighted by Gasteiger charge is -2.25. The van der Waals surface area contributed by atoms with E-state index in [0.717, 1.165) is 0 Å². The monoisotopic (exact) mass is 641 g/mol. The number of imidazole rings is 2. The number of nitrogens with two attached hydrogens (primary N) is 2. The molecule has 7 N–H and O–H groups in total. The Morgan fingerprint density at radius 2 is 1.58 bits per heavy atom. The van der Waals surface area contributed by atoms with E-state index >= 15 is 0 Å². The number of nitrogens with zero attached hydrogens (tertiary/aromatic N) is 8. The van der Waals surface area contributed by atoms with Crippen LogP contribution in [-0.2, 0) is 37.6 Å². The van der Waals surface area contributed by atoms with Crippen molar-refractivity contribution in [2.75, 3.05) is 24.6 Å². The second-order valence-corrected chi connectivity index (χ2v) is 12.7. The van der Waals surface area contributed by atoms with Crippen LogP contribution in [0, 0.1) is 0 Å². The van der Waals surface area contributed by atoms with Crippen molar-refractivity contribution in [3.05, 3.63) is 25.3 Å². The van der Waals surface area contributed by atoms with Gasteiger partial charge in [0.25, 0.3) is 0 Å². The molecule has 43 heavy (non-hydrogen) atoms. The summed E-state index contributed by atoms with van der Waals surface area (Å²) in [5, 5.41) is 11.1. The summed E-state index contributed by atoms with van der Waals surface area (Å²) >= 11 is 0. The Morgan fingerprint density at radius 1 is 0.930 bits per heavy atom. The minimum absolute atomic E-state index is 0.0153. The number of aliphatic hydroxyl groups is 1. The molecule has 4 aromatic heterocycles. The summed E-state index contributed by atoms with van der Waals surface area (Å²) in [5.74, 6) is 0.208. The normalized spacial score (nSPS) is 34.9. The molecule has 3 aliphatic heterocycles. The maximum Gasteiger partial charge on any atom is 0.472 e. The molecule has 0 saturated carbocycles. The number of fused-ring (bicyclic) bond motifs is 4. The molecular formula is C20H24N11O10PS. The maximum absolute atomic E-state index is 13.0. The van der Waals surface area contributed by atoms with Crippen molar-refractivity contribution < 1.29 is 45.7 Å². The summed E-state index contributed by atoms with van der Waals surface area (Å²) in [6.45, 7) is -1.14. The van der Waals surface area contributed by atoms with E-state index in [9.17, 15) is 23.0 Å². The molecule has 230 valence electrons. The first-order chi connectivity index (χ1) is 20.5. The highest BCUT2D eigenvalue weighted by atomic mass is 32.2. The minimum Gasteiger partial charge on any atom is -0.386 e. The summed E-state index contributed by atoms with van der Waals surface area (Å²) in [7, 11) is -9.35. The molecule has 0 aliphatic carbocycles. The lowest BCUT2D eigenvalue weighted by molar-refractivity contribution is -0.0541. The average molecular weight is 642 g/mol. The van der Waals surface area contributed by atoms with E-state index in [0.29, 0.717) is 11.2 Å². The largest absolute Gasteiger partial charge is 0.472 e. The van der Waals surface area contributed by atoms with Gasteiger partial charge >= 0.3 is 18.1 Å². The van der Waals surface area contributed by atoms with Gasteiger partial charge in [0, 0.05) is 13.0 Å². The van der Waals surface area contributed by atoms with Crippen LogP contribution in [0.4, 0.5) is 11.6 Å². The van der Waals surface area contributed by atoms with Gasteiger partial charge in [0.15, 0.2) is 29.2 Å². The van der Waals surface area contributed by atoms with E-state index in [1.165, 1.54) is 34.4 Å². The van der Waals surface area contributed by atoms with Crippen LogP contribution in [0.2, 0.25) is 0 Å². The predicted octanol–water partition coefficient (Wildman–Crippen LogP) is -1.89. The number of nitrogen functional groups attached to an aromatic ring is 2. The topological polar surface area (TPSA) is 289 Å². The summed E-state index contributed by atoms with van der Waals surface area (Å²) in [4.78, 5) is 34.9. The average Bonchev–Trinajstić information content (AvgIpc) is 3.72. The maximum atomic E-state index is 13.0. The molecule has 0 amide bonds. The molecule has 7 rings (SSSR count). The standard InChI is InChI=1S/C20H24N11O10PS/c21-16-12-18(25-4-23-16)30(6-27-12)11-1-8-9(38-11)2-29-43(35,36)41-15-10(3-37-42(33,34)40-8)39-20(14(15)32)31-7-28-13-17(22)24-5-26-19(13)31/h4-11,14-15,20,29,32H,1-3H2,(H,33,34)(H2,21,23,25)(H2,22,24,26)/t8-,9+,10+,11+,14+,15+,20+/m0/s1. The van der Waals surface area contributed by atoms with E-state index in [1.54, 1.807) is 0 Å². The van der Waals surface area contributed by atoms with Crippen LogP contribution in [0.15, 0.2) is 25.3 Å². The van der Waals surface area contributed by atoms with Gasteiger partial charge in [-0.05, 0) is 0 Å². The molecular weight excluding hydrogens is 617 g/mol. The van der Waals surface area contributed by atoms with Crippen LogP contribution in [0.25, 0.3) is 22.3 Å². The molecule has 4 aromatic rings. The van der Waals surface area contributed by atoms with Crippen LogP contribution in [0.3, 0.4) is 0 Å². The molecule has 3 aliphatic rings. The molecule has 0 aromatic carbocycles. The third-order valence-corrected chi connectivity index (χ3v) is 9.23. The van der Waals surface area contributed by atoms with Crippen LogP contribution in [0.5, 0.6) is 0 Å². The van der Waals surface area contributed by atoms with Crippen molar-refractivity contribution in [3.63, 3.8) is 0 Å². The number of aliphatic hydroxyl groups excluding tert-OH is 1. The van der Waals surface area contributed by atoms with E-state index in [1.807, 2.05) is 0 Å². The van der Waals surface area contributed by atoms with Crippen molar-refractivity contribution >= 4 is 52.1 Å². The van der Waals surface area contributed by atoms with E-state index in [4.69, 9.17) is 34.2 Å². The van der Waals surface area contributed by atoms with Crippen molar-refractivity contribution in [1.29, 1.82) is 0 Å². The summed E-state index contributed by atoms with van der Waals surface area (Å²) in [5.41, 5.74) is 12.7. The van der Waals surface area contributed by atoms with Crippen molar-refractivity contribution in [2.45, 2.75) is 49.4 Å². The molecule has 0 radical (unpaired) electrons. The Hall–Kier alpha value is -3.44. The highest BCUT2D eigenvalue weighted by molar-refractivity contribution is 7.84. The summed E-state index contributed by atoms with van der Waals surface area (Å²) in [6.07, 6.45) is -3.85. The first-order valence-corrected chi connectivity index (χ1v) is 15.6. The zero-order valence-corrected chi connectivity index (χ0v) is 23.4. The second kappa shape index (κ2) is 10.3. The fraction of sp³-hybridized carbons (Fsp3) is 0.500. The molecule has 1 unspecified atom stereocenters. The van der Waals surface area contributed by atoms with Crippen LogP contribution >= 0.6 is 7.82 Å². The Labute approximate surface area is 241 Å². The number of hydrogen-bond donors (Lipinski definition) is 5. The molecule has 0 bridgehead atoms.